The first-order valence-corrected chi connectivity index (χ1v) is 12.4. The molecular formula is C21H34N4O4S. The fraction of sp³-hybridized carbons (Fsp3) is 0.667. The molecule has 2 aliphatic rings. The average molecular weight is 439 g/mol. The number of rotatable bonds is 10. The van der Waals surface area contributed by atoms with Crippen LogP contribution in [0.15, 0.2) is 29.2 Å². The van der Waals surface area contributed by atoms with E-state index in [1.165, 1.54) is 12.1 Å². The molecule has 3 rings (SSSR count). The van der Waals surface area contributed by atoms with E-state index in [-0.39, 0.29) is 23.5 Å². The fourth-order valence-corrected chi connectivity index (χ4v) is 4.94. The van der Waals surface area contributed by atoms with Gasteiger partial charge in [-0.05, 0) is 50.6 Å². The number of hydrogen-bond acceptors (Lipinski definition) is 6. The Bertz CT molecular complexity index is 788. The van der Waals surface area contributed by atoms with Crippen molar-refractivity contribution in [3.8, 4) is 0 Å². The summed E-state index contributed by atoms with van der Waals surface area (Å²) in [5, 5.41) is 2.90. The third kappa shape index (κ3) is 6.75. The summed E-state index contributed by atoms with van der Waals surface area (Å²) in [5.41, 5.74) is 0.353. The lowest BCUT2D eigenvalue weighted by Gasteiger charge is -2.33. The molecule has 0 aliphatic carbocycles. The molecule has 0 aromatic heterocycles. The number of carbonyl (C=O) groups is 1. The van der Waals surface area contributed by atoms with Crippen LogP contribution in [0.4, 0.5) is 0 Å². The molecule has 0 spiro atoms. The second-order valence-electron chi connectivity index (χ2n) is 7.90. The van der Waals surface area contributed by atoms with Gasteiger partial charge >= 0.3 is 0 Å². The highest BCUT2D eigenvalue weighted by Crippen LogP contribution is 2.14. The normalized spacial score (nSPS) is 21.0. The number of hydrogen-bond donors (Lipinski definition) is 2. The van der Waals surface area contributed by atoms with Gasteiger partial charge in [-0.3, -0.25) is 4.79 Å². The van der Waals surface area contributed by atoms with Crippen molar-refractivity contribution in [1.29, 1.82) is 0 Å². The molecule has 30 heavy (non-hydrogen) atoms. The highest BCUT2D eigenvalue weighted by Gasteiger charge is 2.21. The van der Waals surface area contributed by atoms with Gasteiger partial charge in [-0.15, -0.1) is 0 Å². The first-order chi connectivity index (χ1) is 14.5. The minimum atomic E-state index is -3.67. The Morgan fingerprint density at radius 2 is 1.97 bits per heavy atom. The predicted octanol–water partition coefficient (Wildman–Crippen LogP) is 0.901. The van der Waals surface area contributed by atoms with Crippen LogP contribution in [0.25, 0.3) is 0 Å². The zero-order valence-electron chi connectivity index (χ0n) is 17.8. The van der Waals surface area contributed by atoms with Gasteiger partial charge in [0.15, 0.2) is 0 Å². The van der Waals surface area contributed by atoms with Crippen LogP contribution >= 0.6 is 0 Å². The van der Waals surface area contributed by atoms with Crippen LogP contribution in [0, 0.1) is 0 Å². The molecule has 8 nitrogen and oxygen atoms in total. The van der Waals surface area contributed by atoms with Crippen LogP contribution in [0.1, 0.15) is 36.5 Å². The molecule has 2 N–H and O–H groups in total. The SMILES string of the molecule is CCN1CCN(CCCNC(=O)c2cccc(S(=O)(=O)NCC3CCCO3)c2)CC1. The molecule has 168 valence electrons. The number of carbonyl (C=O) groups excluding carboxylic acids is 1. The summed E-state index contributed by atoms with van der Waals surface area (Å²) < 4.78 is 33.1. The first-order valence-electron chi connectivity index (χ1n) is 10.9. The van der Waals surface area contributed by atoms with Crippen molar-refractivity contribution < 1.29 is 17.9 Å². The second-order valence-corrected chi connectivity index (χ2v) is 9.67. The van der Waals surface area contributed by atoms with Gasteiger partial charge in [-0.1, -0.05) is 13.0 Å². The summed E-state index contributed by atoms with van der Waals surface area (Å²) in [7, 11) is -3.67. The van der Waals surface area contributed by atoms with Crippen LogP contribution in [-0.2, 0) is 14.8 Å². The van der Waals surface area contributed by atoms with Gasteiger partial charge in [0.2, 0.25) is 10.0 Å². The van der Waals surface area contributed by atoms with Crippen LogP contribution < -0.4 is 10.0 Å². The minimum absolute atomic E-state index is 0.0730. The largest absolute Gasteiger partial charge is 0.377 e. The zero-order valence-corrected chi connectivity index (χ0v) is 18.6. The van der Waals surface area contributed by atoms with Gasteiger partial charge < -0.3 is 19.9 Å². The number of sulfonamides is 1. The molecule has 1 aromatic rings. The minimum Gasteiger partial charge on any atom is -0.377 e. The van der Waals surface area contributed by atoms with Crippen LogP contribution in [0.5, 0.6) is 0 Å². The summed E-state index contributed by atoms with van der Waals surface area (Å²) in [6.45, 7) is 10.1. The Labute approximate surface area is 180 Å². The van der Waals surface area contributed by atoms with Gasteiger partial charge in [0.05, 0.1) is 11.0 Å². The number of ether oxygens (including phenoxy) is 1. The number of nitrogens with one attached hydrogen (secondary N) is 2. The topological polar surface area (TPSA) is 91.0 Å². The maximum absolute atomic E-state index is 12.5. The Hall–Kier alpha value is -1.52. The Morgan fingerprint density at radius 3 is 2.67 bits per heavy atom. The molecule has 2 fully saturated rings. The lowest BCUT2D eigenvalue weighted by molar-refractivity contribution is 0.0948. The zero-order chi connectivity index (χ0) is 21.4. The number of piperazine rings is 1. The fourth-order valence-electron chi connectivity index (χ4n) is 3.83. The van der Waals surface area contributed by atoms with Gasteiger partial charge in [0, 0.05) is 51.4 Å². The van der Waals surface area contributed by atoms with Gasteiger partial charge in [-0.25, -0.2) is 13.1 Å². The molecule has 9 heteroatoms. The van der Waals surface area contributed by atoms with Crippen LogP contribution in [-0.4, -0.2) is 89.2 Å². The standard InChI is InChI=1S/C21H34N4O4S/c1-2-24-11-13-25(14-12-24)10-5-9-22-21(26)18-6-3-8-20(16-18)30(27,28)23-17-19-7-4-15-29-19/h3,6,8,16,19,23H,2,4-5,7,9-15,17H2,1H3,(H,22,26). The van der Waals surface area contributed by atoms with Crippen molar-refractivity contribution in [3.05, 3.63) is 29.8 Å². The number of nitrogens with zero attached hydrogens (tertiary/aromatic N) is 2. The number of amides is 1. The van der Waals surface area contributed by atoms with Gasteiger partial charge in [0.25, 0.3) is 5.91 Å². The number of likely N-dealkylation sites (N-methyl/N-ethyl adjacent to an activating group) is 1. The summed E-state index contributed by atoms with van der Waals surface area (Å²) in [4.78, 5) is 17.4. The maximum Gasteiger partial charge on any atom is 0.251 e. The van der Waals surface area contributed by atoms with E-state index in [2.05, 4.69) is 26.8 Å². The van der Waals surface area contributed by atoms with Crippen molar-refractivity contribution >= 4 is 15.9 Å². The summed E-state index contributed by atoms with van der Waals surface area (Å²) in [6, 6.07) is 6.17. The van der Waals surface area contributed by atoms with Crippen molar-refractivity contribution in [2.24, 2.45) is 0 Å². The lowest BCUT2D eigenvalue weighted by atomic mass is 10.2. The molecule has 0 bridgehead atoms. The Kier molecular flexibility index (Phi) is 8.64. The van der Waals surface area contributed by atoms with E-state index in [0.717, 1.165) is 58.5 Å². The predicted molar refractivity (Wildman–Crippen MR) is 116 cm³/mol. The van der Waals surface area contributed by atoms with E-state index in [0.29, 0.717) is 18.7 Å². The van der Waals surface area contributed by atoms with Gasteiger partial charge in [0.1, 0.15) is 0 Å². The third-order valence-electron chi connectivity index (χ3n) is 5.78. The summed E-state index contributed by atoms with van der Waals surface area (Å²) in [5.74, 6) is -0.248. The highest BCUT2D eigenvalue weighted by atomic mass is 32.2. The van der Waals surface area contributed by atoms with Crippen molar-refractivity contribution in [3.63, 3.8) is 0 Å². The van der Waals surface area contributed by atoms with Gasteiger partial charge in [-0.2, -0.15) is 0 Å². The molecule has 0 saturated carbocycles. The lowest BCUT2D eigenvalue weighted by Crippen LogP contribution is -2.46. The van der Waals surface area contributed by atoms with E-state index in [1.807, 2.05) is 0 Å². The quantitative estimate of drug-likeness (QED) is 0.528. The highest BCUT2D eigenvalue weighted by molar-refractivity contribution is 7.89. The molecule has 1 aromatic carbocycles. The Morgan fingerprint density at radius 1 is 1.20 bits per heavy atom. The molecule has 2 aliphatic heterocycles. The second kappa shape index (κ2) is 11.2. The molecule has 1 amide bonds. The van der Waals surface area contributed by atoms with E-state index < -0.39 is 10.0 Å². The molecule has 0 radical (unpaired) electrons. The van der Waals surface area contributed by atoms with Crippen molar-refractivity contribution in [2.45, 2.75) is 37.2 Å². The van der Waals surface area contributed by atoms with E-state index >= 15 is 0 Å². The third-order valence-corrected chi connectivity index (χ3v) is 7.20. The monoisotopic (exact) mass is 438 g/mol. The van der Waals surface area contributed by atoms with Crippen LogP contribution in [0.3, 0.4) is 0 Å². The van der Waals surface area contributed by atoms with E-state index in [1.54, 1.807) is 12.1 Å². The molecule has 1 atom stereocenters. The Balaban J connectivity index is 1.43. The average Bonchev–Trinajstić information content (AvgIpc) is 3.29. The molecule has 2 saturated heterocycles. The summed E-state index contributed by atoms with van der Waals surface area (Å²) in [6.07, 6.45) is 2.62. The van der Waals surface area contributed by atoms with Crippen molar-refractivity contribution in [2.75, 3.05) is 59.0 Å². The molecule has 2 heterocycles. The maximum atomic E-state index is 12.5. The summed E-state index contributed by atoms with van der Waals surface area (Å²) >= 11 is 0. The van der Waals surface area contributed by atoms with E-state index in [4.69, 9.17) is 4.74 Å². The molecule has 1 unspecified atom stereocenters. The molecular weight excluding hydrogens is 404 g/mol. The smallest absolute Gasteiger partial charge is 0.251 e. The number of benzene rings is 1. The first kappa shape index (κ1) is 23.1. The van der Waals surface area contributed by atoms with Crippen LogP contribution in [0.2, 0.25) is 0 Å². The van der Waals surface area contributed by atoms with Crippen molar-refractivity contribution in [1.82, 2.24) is 19.8 Å². The van der Waals surface area contributed by atoms with E-state index in [9.17, 15) is 13.2 Å².